The summed E-state index contributed by atoms with van der Waals surface area (Å²) in [5.74, 6) is 1.48. The van der Waals surface area contributed by atoms with Crippen molar-refractivity contribution < 1.29 is 4.42 Å². The largest absolute Gasteiger partial charge is 0.461 e. The fourth-order valence-corrected chi connectivity index (χ4v) is 2.82. The molecule has 78 valence electrons. The maximum absolute atomic E-state index is 6.28. The van der Waals surface area contributed by atoms with Crippen LogP contribution < -0.4 is 0 Å². The molecule has 1 nitrogen and oxygen atoms in total. The van der Waals surface area contributed by atoms with Crippen LogP contribution in [-0.2, 0) is 0 Å². The van der Waals surface area contributed by atoms with Gasteiger partial charge in [0.2, 0.25) is 0 Å². The molecule has 0 saturated heterocycles. The van der Waals surface area contributed by atoms with Gasteiger partial charge in [-0.15, -0.1) is 11.6 Å². The molecule has 0 aliphatic heterocycles. The van der Waals surface area contributed by atoms with Gasteiger partial charge in [-0.3, -0.25) is 0 Å². The zero-order chi connectivity index (χ0) is 10.3. The molecule has 0 N–H and O–H groups in total. The Balaban J connectivity index is 2.04. The summed E-state index contributed by atoms with van der Waals surface area (Å²) in [5.41, 5.74) is 0.975. The average molecular weight is 221 g/mol. The zero-order valence-corrected chi connectivity index (χ0v) is 9.20. The van der Waals surface area contributed by atoms with Gasteiger partial charge in [0.1, 0.15) is 11.3 Å². The Hall–Kier alpha value is -0.950. The SMILES string of the molecule is ClC1CCCC1c1cc2ccccc2o1. The Morgan fingerprint density at radius 3 is 2.80 bits per heavy atom. The van der Waals surface area contributed by atoms with E-state index in [1.807, 2.05) is 18.2 Å². The molecular formula is C13H13ClO. The lowest BCUT2D eigenvalue weighted by Crippen LogP contribution is -2.03. The van der Waals surface area contributed by atoms with Crippen LogP contribution in [0.15, 0.2) is 34.7 Å². The topological polar surface area (TPSA) is 13.1 Å². The van der Waals surface area contributed by atoms with Gasteiger partial charge in [0.25, 0.3) is 0 Å². The van der Waals surface area contributed by atoms with E-state index in [1.54, 1.807) is 0 Å². The molecule has 3 rings (SSSR count). The molecule has 1 fully saturated rings. The highest BCUT2D eigenvalue weighted by atomic mass is 35.5. The molecule has 1 aliphatic carbocycles. The summed E-state index contributed by atoms with van der Waals surface area (Å²) in [5, 5.41) is 1.44. The number of hydrogen-bond donors (Lipinski definition) is 0. The molecule has 0 amide bonds. The van der Waals surface area contributed by atoms with Crippen molar-refractivity contribution in [3.8, 4) is 0 Å². The minimum atomic E-state index is 0.255. The third-order valence-corrected chi connectivity index (χ3v) is 3.76. The molecule has 0 bridgehead atoms. The smallest absolute Gasteiger partial charge is 0.134 e. The monoisotopic (exact) mass is 220 g/mol. The van der Waals surface area contributed by atoms with Crippen molar-refractivity contribution in [2.24, 2.45) is 0 Å². The molecule has 0 spiro atoms. The first-order chi connectivity index (χ1) is 7.34. The second kappa shape index (κ2) is 3.57. The number of fused-ring (bicyclic) bond motifs is 1. The first-order valence-electron chi connectivity index (χ1n) is 5.47. The molecule has 2 aromatic rings. The van der Waals surface area contributed by atoms with Crippen LogP contribution in [0.25, 0.3) is 11.0 Å². The number of benzene rings is 1. The van der Waals surface area contributed by atoms with E-state index in [0.29, 0.717) is 5.92 Å². The molecular weight excluding hydrogens is 208 g/mol. The lowest BCUT2D eigenvalue weighted by molar-refractivity contribution is 0.496. The van der Waals surface area contributed by atoms with Gasteiger partial charge in [-0.2, -0.15) is 0 Å². The summed E-state index contributed by atoms with van der Waals surface area (Å²) in [7, 11) is 0. The normalized spacial score (nSPS) is 26.2. The van der Waals surface area contributed by atoms with E-state index in [-0.39, 0.29) is 5.38 Å². The van der Waals surface area contributed by atoms with Gasteiger partial charge in [0.15, 0.2) is 0 Å². The highest BCUT2D eigenvalue weighted by Gasteiger charge is 2.29. The van der Waals surface area contributed by atoms with Crippen LogP contribution in [0.3, 0.4) is 0 Å². The molecule has 1 aromatic heterocycles. The summed E-state index contributed by atoms with van der Waals surface area (Å²) < 4.78 is 5.84. The fourth-order valence-electron chi connectivity index (χ4n) is 2.42. The lowest BCUT2D eigenvalue weighted by atomic mass is 10.0. The Labute approximate surface area is 94.0 Å². The number of hydrogen-bond acceptors (Lipinski definition) is 1. The summed E-state index contributed by atoms with van der Waals surface area (Å²) in [6.07, 6.45) is 3.49. The van der Waals surface area contributed by atoms with E-state index in [0.717, 1.165) is 24.2 Å². The molecule has 1 aromatic carbocycles. The Morgan fingerprint density at radius 2 is 2.07 bits per heavy atom. The van der Waals surface area contributed by atoms with E-state index >= 15 is 0 Å². The Morgan fingerprint density at radius 1 is 1.20 bits per heavy atom. The van der Waals surface area contributed by atoms with Crippen molar-refractivity contribution in [3.05, 3.63) is 36.1 Å². The minimum Gasteiger partial charge on any atom is -0.461 e. The highest BCUT2D eigenvalue weighted by molar-refractivity contribution is 6.21. The molecule has 2 heteroatoms. The van der Waals surface area contributed by atoms with Crippen molar-refractivity contribution in [1.29, 1.82) is 0 Å². The van der Waals surface area contributed by atoms with Crippen LogP contribution in [0.4, 0.5) is 0 Å². The fraction of sp³-hybridized carbons (Fsp3) is 0.385. The third kappa shape index (κ3) is 1.55. The van der Waals surface area contributed by atoms with Crippen LogP contribution in [0.1, 0.15) is 30.9 Å². The molecule has 2 atom stereocenters. The van der Waals surface area contributed by atoms with Gasteiger partial charge in [0, 0.05) is 16.7 Å². The summed E-state index contributed by atoms with van der Waals surface area (Å²) >= 11 is 6.28. The van der Waals surface area contributed by atoms with Gasteiger partial charge < -0.3 is 4.42 Å². The van der Waals surface area contributed by atoms with Crippen molar-refractivity contribution in [2.45, 2.75) is 30.6 Å². The van der Waals surface area contributed by atoms with Crippen molar-refractivity contribution in [3.63, 3.8) is 0 Å². The Kier molecular flexibility index (Phi) is 2.21. The van der Waals surface area contributed by atoms with E-state index < -0.39 is 0 Å². The highest BCUT2D eigenvalue weighted by Crippen LogP contribution is 2.39. The van der Waals surface area contributed by atoms with Crippen LogP contribution in [0, 0.1) is 0 Å². The predicted molar refractivity (Wildman–Crippen MR) is 62.4 cm³/mol. The maximum Gasteiger partial charge on any atom is 0.134 e. The van der Waals surface area contributed by atoms with Crippen LogP contribution in [-0.4, -0.2) is 5.38 Å². The summed E-state index contributed by atoms with van der Waals surface area (Å²) in [4.78, 5) is 0. The molecule has 1 heterocycles. The standard InChI is InChI=1S/C13H13ClO/c14-11-6-3-5-10(11)13-8-9-4-1-2-7-12(9)15-13/h1-2,4,7-8,10-11H,3,5-6H2. The van der Waals surface area contributed by atoms with Gasteiger partial charge in [0.05, 0.1) is 0 Å². The third-order valence-electron chi connectivity index (χ3n) is 3.24. The number of rotatable bonds is 1. The summed E-state index contributed by atoms with van der Waals surface area (Å²) in [6.45, 7) is 0. The zero-order valence-electron chi connectivity index (χ0n) is 8.45. The van der Waals surface area contributed by atoms with E-state index in [1.165, 1.54) is 11.8 Å². The Bertz CT molecular complexity index is 441. The quantitative estimate of drug-likeness (QED) is 0.653. The minimum absolute atomic E-state index is 0.255. The number of furan rings is 1. The molecule has 15 heavy (non-hydrogen) atoms. The van der Waals surface area contributed by atoms with Crippen LogP contribution in [0.5, 0.6) is 0 Å². The maximum atomic E-state index is 6.28. The van der Waals surface area contributed by atoms with E-state index in [4.69, 9.17) is 16.0 Å². The van der Waals surface area contributed by atoms with E-state index in [2.05, 4.69) is 12.1 Å². The lowest BCUT2D eigenvalue weighted by Gasteiger charge is -2.09. The number of para-hydroxylation sites is 1. The second-order valence-corrected chi connectivity index (χ2v) is 4.80. The van der Waals surface area contributed by atoms with E-state index in [9.17, 15) is 0 Å². The average Bonchev–Trinajstić information content (AvgIpc) is 2.82. The molecule has 2 unspecified atom stereocenters. The molecule has 1 aliphatic rings. The molecule has 0 radical (unpaired) electrons. The van der Waals surface area contributed by atoms with Gasteiger partial charge >= 0.3 is 0 Å². The van der Waals surface area contributed by atoms with Crippen molar-refractivity contribution >= 4 is 22.6 Å². The predicted octanol–water partition coefficient (Wildman–Crippen LogP) is 4.31. The second-order valence-electron chi connectivity index (χ2n) is 4.24. The van der Waals surface area contributed by atoms with Crippen LogP contribution >= 0.6 is 11.6 Å². The van der Waals surface area contributed by atoms with Crippen LogP contribution in [0.2, 0.25) is 0 Å². The first kappa shape index (κ1) is 9.29. The van der Waals surface area contributed by atoms with Crippen molar-refractivity contribution in [2.75, 3.05) is 0 Å². The summed E-state index contributed by atoms with van der Waals surface area (Å²) in [6, 6.07) is 10.3. The molecule has 1 saturated carbocycles. The van der Waals surface area contributed by atoms with Gasteiger partial charge in [-0.1, -0.05) is 24.6 Å². The number of halogens is 1. The van der Waals surface area contributed by atoms with Gasteiger partial charge in [-0.05, 0) is 25.0 Å². The van der Waals surface area contributed by atoms with Gasteiger partial charge in [-0.25, -0.2) is 0 Å². The van der Waals surface area contributed by atoms with Crippen molar-refractivity contribution in [1.82, 2.24) is 0 Å². The number of alkyl halides is 1. The first-order valence-corrected chi connectivity index (χ1v) is 5.91.